The first-order valence-corrected chi connectivity index (χ1v) is 7.93. The number of hydrogen-bond acceptors (Lipinski definition) is 1. The molecule has 1 aromatic carbocycles. The molecule has 0 amide bonds. The Morgan fingerprint density at radius 3 is 2.39 bits per heavy atom. The van der Waals surface area contributed by atoms with Gasteiger partial charge in [-0.1, -0.05) is 48.3 Å². The molecule has 0 saturated heterocycles. The lowest BCUT2D eigenvalue weighted by molar-refractivity contribution is 0.475. The van der Waals surface area contributed by atoms with Crippen molar-refractivity contribution in [2.45, 2.75) is 51.5 Å². The minimum atomic E-state index is 0.668. The Morgan fingerprint density at radius 1 is 1.17 bits per heavy atom. The first kappa shape index (κ1) is 14.1. The van der Waals surface area contributed by atoms with Crippen LogP contribution in [0, 0.1) is 5.92 Å². The summed E-state index contributed by atoms with van der Waals surface area (Å²) >= 11 is 3.51. The van der Waals surface area contributed by atoms with Crippen LogP contribution in [0.15, 0.2) is 28.7 Å². The van der Waals surface area contributed by atoms with Crippen LogP contribution in [0.4, 0.5) is 0 Å². The van der Waals surface area contributed by atoms with E-state index >= 15 is 0 Å². The number of nitrogens with one attached hydrogen (secondary N) is 1. The Morgan fingerprint density at radius 2 is 1.83 bits per heavy atom. The molecule has 1 aromatic rings. The van der Waals surface area contributed by atoms with Crippen molar-refractivity contribution < 1.29 is 0 Å². The quantitative estimate of drug-likeness (QED) is 0.768. The van der Waals surface area contributed by atoms with E-state index in [-0.39, 0.29) is 0 Å². The van der Waals surface area contributed by atoms with Crippen LogP contribution in [0.3, 0.4) is 0 Å². The molecule has 2 rings (SSSR count). The van der Waals surface area contributed by atoms with Gasteiger partial charge in [0.15, 0.2) is 0 Å². The third-order valence-electron chi connectivity index (χ3n) is 3.66. The van der Waals surface area contributed by atoms with Crippen LogP contribution in [0.2, 0.25) is 0 Å². The summed E-state index contributed by atoms with van der Waals surface area (Å²) in [5.41, 5.74) is 1.48. The maximum Gasteiger partial charge on any atom is 0.0175 e. The molecule has 100 valence electrons. The van der Waals surface area contributed by atoms with E-state index in [1.54, 1.807) is 0 Å². The molecular formula is C16H24BrN. The van der Waals surface area contributed by atoms with Gasteiger partial charge in [0, 0.05) is 17.1 Å². The van der Waals surface area contributed by atoms with Gasteiger partial charge in [-0.15, -0.1) is 0 Å². The topological polar surface area (TPSA) is 12.0 Å². The van der Waals surface area contributed by atoms with Crippen LogP contribution in [0.1, 0.15) is 51.0 Å². The van der Waals surface area contributed by atoms with Crippen LogP contribution in [0.25, 0.3) is 0 Å². The molecule has 1 nitrogen and oxygen atoms in total. The Kier molecular flexibility index (Phi) is 5.25. The number of rotatable bonds is 7. The normalized spacial score (nSPS) is 17.1. The summed E-state index contributed by atoms with van der Waals surface area (Å²) in [4.78, 5) is 0. The predicted octanol–water partition coefficient (Wildman–Crippen LogP) is 4.72. The van der Waals surface area contributed by atoms with Gasteiger partial charge in [-0.3, -0.25) is 0 Å². The Labute approximate surface area is 119 Å². The lowest BCUT2D eigenvalue weighted by atomic mass is 9.91. The molecule has 0 aromatic heterocycles. The summed E-state index contributed by atoms with van der Waals surface area (Å²) in [5.74, 6) is 1.46. The molecule has 0 radical (unpaired) electrons. The van der Waals surface area contributed by atoms with E-state index in [0.717, 1.165) is 18.5 Å². The second kappa shape index (κ2) is 6.72. The Bertz CT molecular complexity index is 348. The molecular weight excluding hydrogens is 286 g/mol. The van der Waals surface area contributed by atoms with Gasteiger partial charge in [0.1, 0.15) is 0 Å². The molecule has 0 aliphatic heterocycles. The van der Waals surface area contributed by atoms with E-state index in [1.807, 2.05) is 0 Å². The van der Waals surface area contributed by atoms with Gasteiger partial charge >= 0.3 is 0 Å². The first-order chi connectivity index (χ1) is 8.65. The highest BCUT2D eigenvalue weighted by Crippen LogP contribution is 2.26. The van der Waals surface area contributed by atoms with E-state index in [0.29, 0.717) is 5.92 Å². The molecule has 1 atom stereocenters. The van der Waals surface area contributed by atoms with Gasteiger partial charge in [-0.2, -0.15) is 0 Å². The molecule has 0 heterocycles. The lowest BCUT2D eigenvalue weighted by Crippen LogP contribution is -2.23. The largest absolute Gasteiger partial charge is 0.313 e. The molecule has 1 N–H and O–H groups in total. The average molecular weight is 310 g/mol. The molecule has 1 saturated carbocycles. The minimum Gasteiger partial charge on any atom is -0.313 e. The fourth-order valence-electron chi connectivity index (χ4n) is 2.25. The monoisotopic (exact) mass is 309 g/mol. The highest BCUT2D eigenvalue weighted by molar-refractivity contribution is 9.10. The summed E-state index contributed by atoms with van der Waals surface area (Å²) in [5, 5.41) is 3.68. The number of benzene rings is 1. The highest BCUT2D eigenvalue weighted by atomic mass is 79.9. The molecule has 1 fully saturated rings. The van der Waals surface area contributed by atoms with E-state index in [1.165, 1.54) is 35.7 Å². The van der Waals surface area contributed by atoms with Crippen molar-refractivity contribution in [3.63, 3.8) is 0 Å². The average Bonchev–Trinajstić information content (AvgIpc) is 3.14. The summed E-state index contributed by atoms with van der Waals surface area (Å²) in [6.07, 6.45) is 5.35. The third-order valence-corrected chi connectivity index (χ3v) is 4.19. The minimum absolute atomic E-state index is 0.668. The van der Waals surface area contributed by atoms with Gasteiger partial charge in [-0.25, -0.2) is 0 Å². The van der Waals surface area contributed by atoms with Gasteiger partial charge < -0.3 is 5.32 Å². The van der Waals surface area contributed by atoms with Crippen molar-refractivity contribution in [3.05, 3.63) is 34.3 Å². The summed E-state index contributed by atoms with van der Waals surface area (Å²) in [6.45, 7) is 5.76. The zero-order chi connectivity index (χ0) is 13.0. The van der Waals surface area contributed by atoms with E-state index in [9.17, 15) is 0 Å². The van der Waals surface area contributed by atoms with E-state index in [2.05, 4.69) is 59.4 Å². The van der Waals surface area contributed by atoms with Gasteiger partial charge in [0.25, 0.3) is 0 Å². The summed E-state index contributed by atoms with van der Waals surface area (Å²) in [7, 11) is 0. The van der Waals surface area contributed by atoms with Crippen molar-refractivity contribution in [2.24, 2.45) is 5.92 Å². The molecule has 1 unspecified atom stereocenters. The molecule has 18 heavy (non-hydrogen) atoms. The van der Waals surface area contributed by atoms with E-state index < -0.39 is 0 Å². The van der Waals surface area contributed by atoms with Gasteiger partial charge in [0.05, 0.1) is 0 Å². The fraction of sp³-hybridized carbons (Fsp3) is 0.625. The van der Waals surface area contributed by atoms with Crippen molar-refractivity contribution in [1.82, 2.24) is 5.32 Å². The van der Waals surface area contributed by atoms with Crippen molar-refractivity contribution in [3.8, 4) is 0 Å². The van der Waals surface area contributed by atoms with E-state index in [4.69, 9.17) is 0 Å². The Balaban J connectivity index is 1.94. The van der Waals surface area contributed by atoms with Crippen molar-refractivity contribution in [1.29, 1.82) is 0 Å². The van der Waals surface area contributed by atoms with Crippen LogP contribution in [0.5, 0.6) is 0 Å². The highest BCUT2D eigenvalue weighted by Gasteiger charge is 2.22. The van der Waals surface area contributed by atoms with Gasteiger partial charge in [-0.05, 0) is 48.8 Å². The van der Waals surface area contributed by atoms with Gasteiger partial charge in [0.2, 0.25) is 0 Å². The molecule has 1 aliphatic carbocycles. The fourth-order valence-corrected chi connectivity index (χ4v) is 2.52. The first-order valence-electron chi connectivity index (χ1n) is 7.14. The Hall–Kier alpha value is -0.340. The standard InChI is InChI=1S/C16H24BrN/c1-12(2)3-4-14(11-18-16-9-10-16)13-5-7-15(17)8-6-13/h5-8,12,14,16,18H,3-4,9-11H2,1-2H3. The number of hydrogen-bond donors (Lipinski definition) is 1. The maximum absolute atomic E-state index is 3.68. The summed E-state index contributed by atoms with van der Waals surface area (Å²) in [6, 6.07) is 9.67. The smallest absolute Gasteiger partial charge is 0.0175 e. The zero-order valence-corrected chi connectivity index (χ0v) is 13.0. The maximum atomic E-state index is 3.68. The van der Waals surface area contributed by atoms with Crippen LogP contribution < -0.4 is 5.32 Å². The second-order valence-electron chi connectivity index (χ2n) is 5.90. The molecule has 0 spiro atoms. The summed E-state index contributed by atoms with van der Waals surface area (Å²) < 4.78 is 1.17. The van der Waals surface area contributed by atoms with Crippen LogP contribution >= 0.6 is 15.9 Å². The van der Waals surface area contributed by atoms with Crippen LogP contribution in [-0.4, -0.2) is 12.6 Å². The third kappa shape index (κ3) is 4.74. The predicted molar refractivity (Wildman–Crippen MR) is 82.0 cm³/mol. The molecule has 0 bridgehead atoms. The van der Waals surface area contributed by atoms with Crippen molar-refractivity contribution >= 4 is 15.9 Å². The second-order valence-corrected chi connectivity index (χ2v) is 6.82. The number of halogens is 1. The molecule has 2 heteroatoms. The zero-order valence-electron chi connectivity index (χ0n) is 11.5. The van der Waals surface area contributed by atoms with Crippen LogP contribution in [-0.2, 0) is 0 Å². The SMILES string of the molecule is CC(C)CCC(CNC1CC1)c1ccc(Br)cc1. The molecule has 1 aliphatic rings. The van der Waals surface area contributed by atoms with Crippen molar-refractivity contribution in [2.75, 3.05) is 6.54 Å². The lowest BCUT2D eigenvalue weighted by Gasteiger charge is -2.19.